The first-order valence-electron chi connectivity index (χ1n) is 9.62. The monoisotopic (exact) mass is 461 g/mol. The van der Waals surface area contributed by atoms with Crippen molar-refractivity contribution in [1.29, 1.82) is 0 Å². The van der Waals surface area contributed by atoms with Gasteiger partial charge in [0.05, 0.1) is 18.1 Å². The number of morpholine rings is 1. The Morgan fingerprint density at radius 3 is 2.55 bits per heavy atom. The van der Waals surface area contributed by atoms with Gasteiger partial charge in [-0.1, -0.05) is 35.0 Å². The lowest BCUT2D eigenvalue weighted by Gasteiger charge is -2.27. The van der Waals surface area contributed by atoms with Crippen LogP contribution in [0.1, 0.15) is 16.1 Å². The maximum atomic E-state index is 13.0. The van der Waals surface area contributed by atoms with Crippen molar-refractivity contribution in [2.75, 3.05) is 26.3 Å². The van der Waals surface area contributed by atoms with Crippen LogP contribution in [-0.2, 0) is 21.3 Å². The summed E-state index contributed by atoms with van der Waals surface area (Å²) in [6.45, 7) is 1.35. The summed E-state index contributed by atoms with van der Waals surface area (Å²) in [5.41, 5.74) is 1.32. The summed E-state index contributed by atoms with van der Waals surface area (Å²) in [7, 11) is -3.68. The third-order valence-electron chi connectivity index (χ3n) is 4.87. The predicted molar refractivity (Wildman–Crippen MR) is 114 cm³/mol. The molecule has 8 nitrogen and oxygen atoms in total. The van der Waals surface area contributed by atoms with Gasteiger partial charge in [0.15, 0.2) is 11.5 Å². The van der Waals surface area contributed by atoms with E-state index in [1.54, 1.807) is 48.5 Å². The minimum atomic E-state index is -3.68. The number of halogens is 1. The molecule has 0 radical (unpaired) electrons. The van der Waals surface area contributed by atoms with Crippen molar-refractivity contribution in [3.05, 3.63) is 70.9 Å². The van der Waals surface area contributed by atoms with E-state index in [2.05, 4.69) is 10.5 Å². The van der Waals surface area contributed by atoms with E-state index in [1.807, 2.05) is 0 Å². The molecule has 1 aliphatic rings. The van der Waals surface area contributed by atoms with E-state index in [9.17, 15) is 13.2 Å². The molecule has 162 valence electrons. The molecule has 0 aliphatic carbocycles. The summed E-state index contributed by atoms with van der Waals surface area (Å²) in [6.07, 6.45) is 0. The van der Waals surface area contributed by atoms with Gasteiger partial charge in [-0.25, -0.2) is 8.42 Å². The Hall–Kier alpha value is -2.72. The van der Waals surface area contributed by atoms with E-state index in [0.717, 1.165) is 5.56 Å². The maximum Gasteiger partial charge on any atom is 0.273 e. The van der Waals surface area contributed by atoms with Crippen molar-refractivity contribution >= 4 is 27.5 Å². The van der Waals surface area contributed by atoms with Crippen LogP contribution >= 0.6 is 11.6 Å². The highest BCUT2D eigenvalue weighted by Crippen LogP contribution is 2.23. The second kappa shape index (κ2) is 9.19. The van der Waals surface area contributed by atoms with Crippen molar-refractivity contribution < 1.29 is 22.5 Å². The first-order valence-corrected chi connectivity index (χ1v) is 11.4. The quantitative estimate of drug-likeness (QED) is 0.605. The molecule has 1 amide bonds. The van der Waals surface area contributed by atoms with E-state index in [-0.39, 0.29) is 17.1 Å². The summed E-state index contributed by atoms with van der Waals surface area (Å²) in [4.78, 5) is 12.7. The molecular formula is C21H20ClN3O5S. The van der Waals surface area contributed by atoms with Gasteiger partial charge in [-0.05, 0) is 35.9 Å². The number of benzene rings is 2. The lowest BCUT2D eigenvalue weighted by molar-refractivity contribution is 0.0730. The lowest BCUT2D eigenvalue weighted by atomic mass is 10.1. The van der Waals surface area contributed by atoms with Crippen LogP contribution in [-0.4, -0.2) is 50.1 Å². The molecule has 1 N–H and O–H groups in total. The number of rotatable bonds is 6. The number of aromatic nitrogens is 1. The molecule has 3 aromatic rings. The van der Waals surface area contributed by atoms with Crippen LogP contribution in [0.4, 0.5) is 0 Å². The third kappa shape index (κ3) is 4.80. The Morgan fingerprint density at radius 1 is 1.10 bits per heavy atom. The average molecular weight is 462 g/mol. The van der Waals surface area contributed by atoms with Crippen LogP contribution in [0.3, 0.4) is 0 Å². The van der Waals surface area contributed by atoms with E-state index in [1.165, 1.54) is 10.4 Å². The zero-order valence-corrected chi connectivity index (χ0v) is 18.0. The number of amides is 1. The average Bonchev–Trinajstić information content (AvgIpc) is 3.29. The van der Waals surface area contributed by atoms with Crippen molar-refractivity contribution in [1.82, 2.24) is 14.8 Å². The molecule has 2 heterocycles. The maximum absolute atomic E-state index is 13.0. The second-order valence-corrected chi connectivity index (χ2v) is 9.23. The van der Waals surface area contributed by atoms with E-state index in [4.69, 9.17) is 20.9 Å². The van der Waals surface area contributed by atoms with Gasteiger partial charge < -0.3 is 14.6 Å². The summed E-state index contributed by atoms with van der Waals surface area (Å²) in [5, 5.41) is 7.12. The summed E-state index contributed by atoms with van der Waals surface area (Å²) in [5.74, 6) is -0.0420. The number of carbonyl (C=O) groups is 1. The Kier molecular flexibility index (Phi) is 6.38. The molecule has 1 aliphatic heterocycles. The van der Waals surface area contributed by atoms with Crippen LogP contribution in [0, 0.1) is 0 Å². The Balaban J connectivity index is 1.47. The van der Waals surface area contributed by atoms with Crippen LogP contribution in [0.2, 0.25) is 5.02 Å². The van der Waals surface area contributed by atoms with Gasteiger partial charge in [-0.2, -0.15) is 4.31 Å². The number of carbonyl (C=O) groups excluding carboxylic acids is 1. The van der Waals surface area contributed by atoms with E-state index in [0.29, 0.717) is 42.6 Å². The molecule has 1 aromatic heterocycles. The number of hydrogen-bond donors (Lipinski definition) is 1. The van der Waals surface area contributed by atoms with E-state index < -0.39 is 15.9 Å². The minimum Gasteiger partial charge on any atom is -0.379 e. The number of nitrogens with one attached hydrogen (secondary N) is 1. The lowest BCUT2D eigenvalue weighted by Crippen LogP contribution is -2.41. The minimum absolute atomic E-state index is 0.0295. The smallest absolute Gasteiger partial charge is 0.273 e. The molecule has 10 heteroatoms. The van der Waals surface area contributed by atoms with Gasteiger partial charge >= 0.3 is 0 Å². The second-order valence-electron chi connectivity index (χ2n) is 6.89. The van der Waals surface area contributed by atoms with Gasteiger partial charge in [0.2, 0.25) is 10.0 Å². The topological polar surface area (TPSA) is 102 Å². The van der Waals surface area contributed by atoms with Gasteiger partial charge in [-0.3, -0.25) is 4.79 Å². The zero-order valence-electron chi connectivity index (χ0n) is 16.5. The number of ether oxygens (including phenoxy) is 1. The predicted octanol–water partition coefficient (Wildman–Crippen LogP) is 2.95. The highest BCUT2D eigenvalue weighted by Gasteiger charge is 2.28. The molecule has 1 fully saturated rings. The fourth-order valence-corrected chi connectivity index (χ4v) is 4.98. The summed E-state index contributed by atoms with van der Waals surface area (Å²) < 4.78 is 37.9. The fourth-order valence-electron chi connectivity index (χ4n) is 3.23. The number of sulfonamides is 1. The van der Waals surface area contributed by atoms with Crippen molar-refractivity contribution in [2.45, 2.75) is 11.4 Å². The van der Waals surface area contributed by atoms with Crippen molar-refractivity contribution in [2.24, 2.45) is 0 Å². The SMILES string of the molecule is O=C(NCc1ccccc1S(=O)(=O)N1CCOCC1)c1cc(-c2ccc(Cl)cc2)on1. The largest absolute Gasteiger partial charge is 0.379 e. The first-order chi connectivity index (χ1) is 14.9. The molecule has 31 heavy (non-hydrogen) atoms. The zero-order chi connectivity index (χ0) is 21.8. The fraction of sp³-hybridized carbons (Fsp3) is 0.238. The van der Waals surface area contributed by atoms with Gasteiger partial charge in [-0.15, -0.1) is 0 Å². The van der Waals surface area contributed by atoms with Gasteiger partial charge in [0.1, 0.15) is 0 Å². The summed E-state index contributed by atoms with van der Waals surface area (Å²) in [6, 6.07) is 15.1. The molecule has 0 spiro atoms. The van der Waals surface area contributed by atoms with Crippen LogP contribution in [0.15, 0.2) is 64.0 Å². The highest BCUT2D eigenvalue weighted by molar-refractivity contribution is 7.89. The van der Waals surface area contributed by atoms with Crippen molar-refractivity contribution in [3.8, 4) is 11.3 Å². The number of hydrogen-bond acceptors (Lipinski definition) is 6. The molecule has 0 saturated carbocycles. The molecule has 0 bridgehead atoms. The van der Waals surface area contributed by atoms with Crippen LogP contribution in [0.25, 0.3) is 11.3 Å². The third-order valence-corrected chi connectivity index (χ3v) is 7.12. The van der Waals surface area contributed by atoms with Gasteiger partial charge in [0, 0.05) is 36.3 Å². The molecule has 2 aromatic carbocycles. The molecule has 4 rings (SSSR count). The van der Waals surface area contributed by atoms with Crippen LogP contribution < -0.4 is 5.32 Å². The van der Waals surface area contributed by atoms with Gasteiger partial charge in [0.25, 0.3) is 5.91 Å². The molecule has 0 unspecified atom stereocenters. The van der Waals surface area contributed by atoms with Crippen molar-refractivity contribution in [3.63, 3.8) is 0 Å². The Morgan fingerprint density at radius 2 is 1.81 bits per heavy atom. The standard InChI is InChI=1S/C21H20ClN3O5S/c22-17-7-5-15(6-8-17)19-13-18(24-30-19)21(26)23-14-16-3-1-2-4-20(16)31(27,28)25-9-11-29-12-10-25/h1-8,13H,9-12,14H2,(H,23,26). The molecular weight excluding hydrogens is 442 g/mol. The highest BCUT2D eigenvalue weighted by atomic mass is 35.5. The summed E-state index contributed by atoms with van der Waals surface area (Å²) >= 11 is 5.89. The Bertz CT molecular complexity index is 1170. The molecule has 0 atom stereocenters. The Labute approximate surface area is 184 Å². The van der Waals surface area contributed by atoms with E-state index >= 15 is 0 Å². The first kappa shape index (κ1) is 21.5. The van der Waals surface area contributed by atoms with Crippen LogP contribution in [0.5, 0.6) is 0 Å². The number of nitrogens with zero attached hydrogens (tertiary/aromatic N) is 2. The normalized spacial score (nSPS) is 15.0. The molecule has 1 saturated heterocycles.